The van der Waals surface area contributed by atoms with Crippen molar-refractivity contribution in [1.82, 2.24) is 10.2 Å². The molecule has 0 aliphatic carbocycles. The fourth-order valence-electron chi connectivity index (χ4n) is 4.73. The largest absolute Gasteiger partial charge is 0.493 e. The molecule has 2 amide bonds. The lowest BCUT2D eigenvalue weighted by Crippen LogP contribution is -2.45. The van der Waals surface area contributed by atoms with E-state index in [9.17, 15) is 9.59 Å². The fourth-order valence-corrected chi connectivity index (χ4v) is 4.73. The number of rotatable bonds is 7. The minimum absolute atomic E-state index is 0.0470. The molecule has 1 atom stereocenters. The second kappa shape index (κ2) is 11.4. The first-order valence-corrected chi connectivity index (χ1v) is 12.0. The van der Waals surface area contributed by atoms with Crippen molar-refractivity contribution in [3.63, 3.8) is 0 Å². The van der Waals surface area contributed by atoms with Gasteiger partial charge in [-0.25, -0.2) is 0 Å². The zero-order chi connectivity index (χ0) is 24.8. The number of methoxy groups -OCH3 is 2. The van der Waals surface area contributed by atoms with Crippen LogP contribution in [0, 0.1) is 0 Å². The quantitative estimate of drug-likeness (QED) is 0.585. The molecule has 2 heterocycles. The third-order valence-electron chi connectivity index (χ3n) is 6.63. The molecule has 4 rings (SSSR count). The molecular formula is C26H34N4O5. The Hall–Kier alpha value is -3.30. The Kier molecular flexibility index (Phi) is 8.09. The van der Waals surface area contributed by atoms with Crippen LogP contribution in [-0.2, 0) is 20.7 Å². The Labute approximate surface area is 206 Å². The summed E-state index contributed by atoms with van der Waals surface area (Å²) in [4.78, 5) is 29.9. The minimum Gasteiger partial charge on any atom is -0.493 e. The normalized spacial score (nSPS) is 16.7. The van der Waals surface area contributed by atoms with E-state index in [2.05, 4.69) is 45.7 Å². The third kappa shape index (κ3) is 5.86. The summed E-state index contributed by atoms with van der Waals surface area (Å²) in [6.45, 7) is 4.23. The molecule has 1 fully saturated rings. The van der Waals surface area contributed by atoms with Crippen LogP contribution in [0.2, 0.25) is 0 Å². The predicted octanol–water partition coefficient (Wildman–Crippen LogP) is 2.21. The van der Waals surface area contributed by atoms with Crippen molar-refractivity contribution < 1.29 is 23.8 Å². The molecule has 2 aromatic rings. The summed E-state index contributed by atoms with van der Waals surface area (Å²) in [5.41, 5.74) is 4.18. The van der Waals surface area contributed by atoms with Gasteiger partial charge in [-0.05, 0) is 42.2 Å². The second-order valence-corrected chi connectivity index (χ2v) is 8.81. The molecule has 0 spiro atoms. The fraction of sp³-hybridized carbons (Fsp3) is 0.462. The maximum atomic E-state index is 12.7. The Morgan fingerprint density at radius 3 is 2.51 bits per heavy atom. The molecule has 1 unspecified atom stereocenters. The van der Waals surface area contributed by atoms with Gasteiger partial charge in [0.15, 0.2) is 11.5 Å². The summed E-state index contributed by atoms with van der Waals surface area (Å²) in [6, 6.07) is 11.5. The SMILES string of the molecule is COc1ccc(NC(=O)C(=O)NCC(c2ccc3c(c2)CCCN3C)N2CCOCC2)cc1OC. The van der Waals surface area contributed by atoms with Crippen LogP contribution in [0.25, 0.3) is 0 Å². The van der Waals surface area contributed by atoms with Crippen molar-refractivity contribution in [2.24, 2.45) is 0 Å². The third-order valence-corrected chi connectivity index (χ3v) is 6.63. The number of nitrogens with zero attached hydrogens (tertiary/aromatic N) is 2. The number of fused-ring (bicyclic) bond motifs is 1. The molecule has 2 aromatic carbocycles. The molecule has 9 nitrogen and oxygen atoms in total. The van der Waals surface area contributed by atoms with Gasteiger partial charge in [0.25, 0.3) is 0 Å². The highest BCUT2D eigenvalue weighted by Crippen LogP contribution is 2.31. The first-order chi connectivity index (χ1) is 17.0. The monoisotopic (exact) mass is 482 g/mol. The lowest BCUT2D eigenvalue weighted by atomic mass is 9.95. The van der Waals surface area contributed by atoms with E-state index < -0.39 is 11.8 Å². The van der Waals surface area contributed by atoms with Crippen LogP contribution >= 0.6 is 0 Å². The predicted molar refractivity (Wildman–Crippen MR) is 134 cm³/mol. The molecule has 2 N–H and O–H groups in total. The number of hydrogen-bond donors (Lipinski definition) is 2. The molecule has 2 aliphatic rings. The van der Waals surface area contributed by atoms with Crippen molar-refractivity contribution in [2.45, 2.75) is 18.9 Å². The number of aryl methyl sites for hydroxylation is 1. The van der Waals surface area contributed by atoms with Gasteiger partial charge in [0.05, 0.1) is 33.5 Å². The molecule has 0 saturated carbocycles. The zero-order valence-electron chi connectivity index (χ0n) is 20.6. The van der Waals surface area contributed by atoms with Crippen LogP contribution in [-0.4, -0.2) is 77.4 Å². The molecule has 2 aliphatic heterocycles. The highest BCUT2D eigenvalue weighted by atomic mass is 16.5. The summed E-state index contributed by atoms with van der Waals surface area (Å²) in [6.07, 6.45) is 2.17. The number of hydrogen-bond acceptors (Lipinski definition) is 7. The summed E-state index contributed by atoms with van der Waals surface area (Å²) < 4.78 is 16.0. The van der Waals surface area contributed by atoms with Crippen molar-refractivity contribution >= 4 is 23.2 Å². The Morgan fingerprint density at radius 2 is 1.77 bits per heavy atom. The van der Waals surface area contributed by atoms with Gasteiger partial charge in [-0.3, -0.25) is 14.5 Å². The number of anilines is 2. The van der Waals surface area contributed by atoms with E-state index in [1.807, 2.05) is 0 Å². The van der Waals surface area contributed by atoms with Gasteiger partial charge < -0.3 is 29.7 Å². The van der Waals surface area contributed by atoms with Crippen molar-refractivity contribution in [2.75, 3.05) is 70.9 Å². The molecular weight excluding hydrogens is 448 g/mol. The van der Waals surface area contributed by atoms with E-state index in [1.165, 1.54) is 25.5 Å². The maximum Gasteiger partial charge on any atom is 0.313 e. The number of ether oxygens (including phenoxy) is 3. The average molecular weight is 483 g/mol. The molecule has 35 heavy (non-hydrogen) atoms. The topological polar surface area (TPSA) is 92.4 Å². The molecule has 188 valence electrons. The summed E-state index contributed by atoms with van der Waals surface area (Å²) in [7, 11) is 5.17. The number of benzene rings is 2. The number of nitrogens with one attached hydrogen (secondary N) is 2. The summed E-state index contributed by atoms with van der Waals surface area (Å²) in [5.74, 6) is -0.406. The first-order valence-electron chi connectivity index (χ1n) is 12.0. The molecule has 0 aromatic heterocycles. The van der Waals surface area contributed by atoms with E-state index in [-0.39, 0.29) is 6.04 Å². The van der Waals surface area contributed by atoms with Gasteiger partial charge in [0.1, 0.15) is 0 Å². The molecule has 9 heteroatoms. The van der Waals surface area contributed by atoms with Gasteiger partial charge in [-0.2, -0.15) is 0 Å². The van der Waals surface area contributed by atoms with Crippen LogP contribution in [0.1, 0.15) is 23.6 Å². The van der Waals surface area contributed by atoms with Gasteiger partial charge in [0.2, 0.25) is 0 Å². The van der Waals surface area contributed by atoms with Crippen molar-refractivity contribution in [3.05, 3.63) is 47.5 Å². The molecule has 0 bridgehead atoms. The summed E-state index contributed by atoms with van der Waals surface area (Å²) >= 11 is 0. The van der Waals surface area contributed by atoms with Crippen LogP contribution in [0.3, 0.4) is 0 Å². The highest BCUT2D eigenvalue weighted by Gasteiger charge is 2.26. The first kappa shape index (κ1) is 24.8. The zero-order valence-corrected chi connectivity index (χ0v) is 20.6. The Bertz CT molecular complexity index is 1050. The van der Waals surface area contributed by atoms with E-state index in [0.29, 0.717) is 36.9 Å². The van der Waals surface area contributed by atoms with Crippen molar-refractivity contribution in [3.8, 4) is 11.5 Å². The Morgan fingerprint density at radius 1 is 1.00 bits per heavy atom. The number of carbonyl (C=O) groups excluding carboxylic acids is 2. The number of morpholine rings is 1. The van der Waals surface area contributed by atoms with Crippen molar-refractivity contribution in [1.29, 1.82) is 0 Å². The lowest BCUT2D eigenvalue weighted by molar-refractivity contribution is -0.136. The van der Waals surface area contributed by atoms with E-state index in [1.54, 1.807) is 18.2 Å². The molecule has 1 saturated heterocycles. The smallest absolute Gasteiger partial charge is 0.313 e. The van der Waals surface area contributed by atoms with Gasteiger partial charge >= 0.3 is 11.8 Å². The number of amides is 2. The highest BCUT2D eigenvalue weighted by molar-refractivity contribution is 6.39. The van der Waals surface area contributed by atoms with Crippen LogP contribution in [0.15, 0.2) is 36.4 Å². The van der Waals surface area contributed by atoms with Gasteiger partial charge in [-0.15, -0.1) is 0 Å². The minimum atomic E-state index is -0.731. The van der Waals surface area contributed by atoms with E-state index in [4.69, 9.17) is 14.2 Å². The van der Waals surface area contributed by atoms with E-state index >= 15 is 0 Å². The van der Waals surface area contributed by atoms with Gasteiger partial charge in [0, 0.05) is 50.7 Å². The van der Waals surface area contributed by atoms with Crippen LogP contribution in [0.5, 0.6) is 11.5 Å². The second-order valence-electron chi connectivity index (χ2n) is 8.81. The lowest BCUT2D eigenvalue weighted by Gasteiger charge is -2.36. The van der Waals surface area contributed by atoms with Crippen LogP contribution < -0.4 is 25.0 Å². The standard InChI is InChI=1S/C26H34N4O5/c1-29-10-4-5-18-15-19(6-8-21(18)29)22(30-11-13-35-14-12-30)17-27-25(31)26(32)28-20-7-9-23(33-2)24(16-20)34-3/h6-9,15-16,22H,4-5,10-14,17H2,1-3H3,(H,27,31)(H,28,32). The number of carbonyl (C=O) groups is 2. The van der Waals surface area contributed by atoms with E-state index in [0.717, 1.165) is 38.0 Å². The summed E-state index contributed by atoms with van der Waals surface area (Å²) in [5, 5.41) is 5.47. The average Bonchev–Trinajstić information content (AvgIpc) is 2.89. The van der Waals surface area contributed by atoms with Gasteiger partial charge in [-0.1, -0.05) is 12.1 Å². The Balaban J connectivity index is 1.45. The van der Waals surface area contributed by atoms with Crippen LogP contribution in [0.4, 0.5) is 11.4 Å². The maximum absolute atomic E-state index is 12.7. The molecule has 0 radical (unpaired) electrons.